The predicted molar refractivity (Wildman–Crippen MR) is 65.2 cm³/mol. The third-order valence-corrected chi connectivity index (χ3v) is 2.90. The number of benzene rings is 1. The molecular weight excluding hydrogens is 265 g/mol. The molecule has 1 aromatic rings. The first-order chi connectivity index (χ1) is 8.44. The van der Waals surface area contributed by atoms with Gasteiger partial charge in [-0.2, -0.15) is 13.2 Å². The van der Waals surface area contributed by atoms with Gasteiger partial charge < -0.3 is 5.32 Å². The minimum atomic E-state index is -4.23. The maximum atomic E-state index is 12.5. The maximum absolute atomic E-state index is 12.5. The normalized spacial score (nSPS) is 15.4. The van der Waals surface area contributed by atoms with Crippen molar-refractivity contribution in [3.8, 4) is 0 Å². The molecule has 98 valence electrons. The number of halogens is 4. The van der Waals surface area contributed by atoms with Crippen LogP contribution in [0.5, 0.6) is 0 Å². The van der Waals surface area contributed by atoms with Crippen LogP contribution in [0.25, 0.3) is 0 Å². The molecule has 18 heavy (non-hydrogen) atoms. The van der Waals surface area contributed by atoms with E-state index in [0.29, 0.717) is 23.6 Å². The Morgan fingerprint density at radius 1 is 1.28 bits per heavy atom. The Balaban J connectivity index is 2.22. The Hall–Kier alpha value is -1.23. The van der Waals surface area contributed by atoms with E-state index in [9.17, 15) is 13.2 Å². The average Bonchev–Trinajstić information content (AvgIpc) is 2.72. The van der Waals surface area contributed by atoms with E-state index in [1.54, 1.807) is 12.1 Å². The van der Waals surface area contributed by atoms with E-state index in [-0.39, 0.29) is 5.56 Å². The van der Waals surface area contributed by atoms with Crippen molar-refractivity contribution in [2.45, 2.75) is 19.0 Å². The maximum Gasteiger partial charge on any atom is 0.393 e. The van der Waals surface area contributed by atoms with Gasteiger partial charge in [0.1, 0.15) is 5.84 Å². The van der Waals surface area contributed by atoms with E-state index in [0.717, 1.165) is 12.4 Å². The van der Waals surface area contributed by atoms with Gasteiger partial charge in [0.05, 0.1) is 13.0 Å². The first-order valence-electron chi connectivity index (χ1n) is 5.55. The fraction of sp³-hybridized carbons (Fsp3) is 0.417. The monoisotopic (exact) mass is 276 g/mol. The van der Waals surface area contributed by atoms with Gasteiger partial charge in [-0.15, -0.1) is 0 Å². The Kier molecular flexibility index (Phi) is 3.80. The molecule has 0 amide bonds. The quantitative estimate of drug-likeness (QED) is 0.902. The number of nitrogens with one attached hydrogen (secondary N) is 1. The van der Waals surface area contributed by atoms with Crippen molar-refractivity contribution in [1.29, 1.82) is 0 Å². The number of rotatable bonds is 3. The van der Waals surface area contributed by atoms with Crippen molar-refractivity contribution in [3.63, 3.8) is 0 Å². The third kappa shape index (κ3) is 3.63. The summed E-state index contributed by atoms with van der Waals surface area (Å²) >= 11 is 5.75. The van der Waals surface area contributed by atoms with Gasteiger partial charge in [-0.3, -0.25) is 4.99 Å². The zero-order valence-electron chi connectivity index (χ0n) is 9.52. The van der Waals surface area contributed by atoms with Gasteiger partial charge >= 0.3 is 6.18 Å². The molecule has 1 aliphatic rings. The fourth-order valence-corrected chi connectivity index (χ4v) is 2.09. The molecular formula is C12H12ClF3N2. The largest absolute Gasteiger partial charge is 0.393 e. The summed E-state index contributed by atoms with van der Waals surface area (Å²) in [4.78, 5) is 4.18. The van der Waals surface area contributed by atoms with E-state index < -0.39 is 12.6 Å². The molecule has 0 aromatic heterocycles. The van der Waals surface area contributed by atoms with Crippen LogP contribution in [-0.4, -0.2) is 25.1 Å². The summed E-state index contributed by atoms with van der Waals surface area (Å²) in [6.07, 6.45) is -4.80. The first-order valence-corrected chi connectivity index (χ1v) is 5.93. The zero-order chi connectivity index (χ0) is 13.2. The highest BCUT2D eigenvalue weighted by Crippen LogP contribution is 2.26. The first kappa shape index (κ1) is 13.2. The smallest absolute Gasteiger partial charge is 0.372 e. The highest BCUT2D eigenvalue weighted by molar-refractivity contribution is 6.30. The second-order valence-corrected chi connectivity index (χ2v) is 4.57. The Labute approximate surface area is 108 Å². The molecule has 0 fully saturated rings. The van der Waals surface area contributed by atoms with Crippen LogP contribution in [0.3, 0.4) is 0 Å². The summed E-state index contributed by atoms with van der Waals surface area (Å²) in [6, 6.07) is 4.61. The molecule has 1 N–H and O–H groups in total. The molecule has 1 aliphatic heterocycles. The van der Waals surface area contributed by atoms with Crippen LogP contribution in [0, 0.1) is 0 Å². The van der Waals surface area contributed by atoms with Gasteiger partial charge in [0.25, 0.3) is 0 Å². The Morgan fingerprint density at radius 3 is 2.67 bits per heavy atom. The summed E-state index contributed by atoms with van der Waals surface area (Å²) in [6.45, 7) is 1.43. The van der Waals surface area contributed by atoms with Crippen LogP contribution >= 0.6 is 11.6 Å². The fourth-order valence-electron chi connectivity index (χ4n) is 1.89. The molecule has 0 aliphatic carbocycles. The van der Waals surface area contributed by atoms with E-state index >= 15 is 0 Å². The molecule has 0 atom stereocenters. The zero-order valence-corrected chi connectivity index (χ0v) is 10.3. The van der Waals surface area contributed by atoms with Gasteiger partial charge in [-0.1, -0.05) is 17.7 Å². The van der Waals surface area contributed by atoms with Crippen molar-refractivity contribution in [1.82, 2.24) is 5.32 Å². The minimum absolute atomic E-state index is 0.214. The van der Waals surface area contributed by atoms with Gasteiger partial charge in [-0.25, -0.2) is 0 Å². The van der Waals surface area contributed by atoms with Crippen LogP contribution in [0.4, 0.5) is 13.2 Å². The third-order valence-electron chi connectivity index (χ3n) is 2.66. The Morgan fingerprint density at radius 2 is 2.06 bits per heavy atom. The van der Waals surface area contributed by atoms with Gasteiger partial charge in [0.2, 0.25) is 0 Å². The highest BCUT2D eigenvalue weighted by Gasteiger charge is 2.29. The molecule has 0 bridgehead atoms. The molecule has 1 heterocycles. The predicted octanol–water partition coefficient (Wildman–Crippen LogP) is 2.99. The summed E-state index contributed by atoms with van der Waals surface area (Å²) in [5.41, 5.74) is 0.830. The number of amidine groups is 1. The van der Waals surface area contributed by atoms with Crippen LogP contribution in [0.15, 0.2) is 23.2 Å². The summed E-state index contributed by atoms with van der Waals surface area (Å²) in [5.74, 6) is 0.737. The van der Waals surface area contributed by atoms with Crippen LogP contribution in [0.1, 0.15) is 11.1 Å². The lowest BCUT2D eigenvalue weighted by atomic mass is 10.0. The van der Waals surface area contributed by atoms with E-state index in [1.165, 1.54) is 6.07 Å². The second kappa shape index (κ2) is 5.18. The highest BCUT2D eigenvalue weighted by atomic mass is 35.5. The summed E-state index contributed by atoms with van der Waals surface area (Å²) < 4.78 is 37.4. The molecule has 2 rings (SSSR count). The molecule has 0 saturated carbocycles. The molecule has 6 heteroatoms. The topological polar surface area (TPSA) is 24.4 Å². The SMILES string of the molecule is FC(F)(F)Cc1cc(Cl)ccc1CC1=NCCN1. The van der Waals surface area contributed by atoms with Gasteiger partial charge in [0, 0.05) is 18.0 Å². The number of alkyl halides is 3. The lowest BCUT2D eigenvalue weighted by molar-refractivity contribution is -0.127. The van der Waals surface area contributed by atoms with Gasteiger partial charge in [-0.05, 0) is 23.3 Å². The van der Waals surface area contributed by atoms with E-state index in [1.807, 2.05) is 0 Å². The molecule has 0 radical (unpaired) electrons. The number of hydrogen-bond donors (Lipinski definition) is 1. The molecule has 0 spiro atoms. The van der Waals surface area contributed by atoms with Crippen molar-refractivity contribution in [2.75, 3.05) is 13.1 Å². The van der Waals surface area contributed by atoms with E-state index in [2.05, 4.69) is 10.3 Å². The average molecular weight is 277 g/mol. The molecule has 2 nitrogen and oxygen atoms in total. The van der Waals surface area contributed by atoms with Crippen LogP contribution < -0.4 is 5.32 Å². The van der Waals surface area contributed by atoms with Crippen molar-refractivity contribution in [2.24, 2.45) is 4.99 Å². The lowest BCUT2D eigenvalue weighted by Gasteiger charge is -2.12. The van der Waals surface area contributed by atoms with Crippen LogP contribution in [-0.2, 0) is 12.8 Å². The number of nitrogens with zero attached hydrogens (tertiary/aromatic N) is 1. The van der Waals surface area contributed by atoms with Crippen LogP contribution in [0.2, 0.25) is 5.02 Å². The number of aliphatic imine (C=N–C) groups is 1. The minimum Gasteiger partial charge on any atom is -0.372 e. The molecule has 1 aromatic carbocycles. The van der Waals surface area contributed by atoms with Crippen molar-refractivity contribution < 1.29 is 13.2 Å². The molecule has 0 saturated heterocycles. The molecule has 0 unspecified atom stereocenters. The van der Waals surface area contributed by atoms with E-state index in [4.69, 9.17) is 11.6 Å². The van der Waals surface area contributed by atoms with Crippen molar-refractivity contribution >= 4 is 17.4 Å². The van der Waals surface area contributed by atoms with Crippen molar-refractivity contribution in [3.05, 3.63) is 34.3 Å². The Bertz CT molecular complexity index is 469. The van der Waals surface area contributed by atoms with Gasteiger partial charge in [0.15, 0.2) is 0 Å². The summed E-state index contributed by atoms with van der Waals surface area (Å²) in [5, 5.41) is 3.36. The standard InChI is InChI=1S/C12H12ClF3N2/c13-10-2-1-8(6-11-17-3-4-18-11)9(5-10)7-12(14,15)16/h1-2,5H,3-4,6-7H2,(H,17,18). The number of hydrogen-bond acceptors (Lipinski definition) is 2. The summed E-state index contributed by atoms with van der Waals surface area (Å²) in [7, 11) is 0. The lowest BCUT2D eigenvalue weighted by Crippen LogP contribution is -2.22. The second-order valence-electron chi connectivity index (χ2n) is 4.14.